The van der Waals surface area contributed by atoms with Crippen LogP contribution in [0.25, 0.3) is 11.2 Å². The quantitative estimate of drug-likeness (QED) is 0.145. The van der Waals surface area contributed by atoms with Crippen LogP contribution < -0.4 is 17.2 Å². The maximum atomic E-state index is 12.8. The first-order valence-corrected chi connectivity index (χ1v) is 14.9. The van der Waals surface area contributed by atoms with Crippen molar-refractivity contribution in [3.63, 3.8) is 0 Å². The highest BCUT2D eigenvalue weighted by atomic mass is 31.2. The fraction of sp³-hybridized carbons (Fsp3) is 0.526. The van der Waals surface area contributed by atoms with Gasteiger partial charge in [-0.1, -0.05) is 0 Å². The van der Waals surface area contributed by atoms with Gasteiger partial charge < -0.3 is 40.7 Å². The van der Waals surface area contributed by atoms with Crippen LogP contribution in [0.1, 0.15) is 25.3 Å². The summed E-state index contributed by atoms with van der Waals surface area (Å²) in [6.07, 6.45) is -2.88. The Bertz CT molecular complexity index is 1560. The van der Waals surface area contributed by atoms with Crippen molar-refractivity contribution in [1.29, 1.82) is 0 Å². The summed E-state index contributed by atoms with van der Waals surface area (Å²) in [5.41, 5.74) is 11.1. The summed E-state index contributed by atoms with van der Waals surface area (Å²) in [5.74, 6) is 0.0893. The van der Waals surface area contributed by atoms with Crippen molar-refractivity contribution in [3.05, 3.63) is 35.4 Å². The number of nitrogens with two attached hydrogens (primary N) is 2. The van der Waals surface area contributed by atoms with Gasteiger partial charge in [-0.3, -0.25) is 22.7 Å². The zero-order chi connectivity index (χ0) is 29.5. The molecule has 0 spiro atoms. The second-order valence-electron chi connectivity index (χ2n) is 9.14. The minimum atomic E-state index is -4.94. The minimum absolute atomic E-state index is 0.0192. The Hall–Kier alpha value is -2.87. The van der Waals surface area contributed by atoms with Gasteiger partial charge in [0.1, 0.15) is 42.2 Å². The highest BCUT2D eigenvalue weighted by Gasteiger charge is 2.44. The Kier molecular flexibility index (Phi) is 8.25. The molecule has 7 atom stereocenters. The van der Waals surface area contributed by atoms with Gasteiger partial charge in [0, 0.05) is 19.0 Å². The standard InChI is InChI=1S/C19H26N8O12P2/c20-13-1-2-26(19(29)25-13)14-4-11(12(38-14)6-35-40(30,31)32)39-41(33,34)36-5-9-3-10(28)18(37-9)27-8-24-15-16(21)22-7-23-17(15)27/h1-2,7-12,14,18,28H,3-6H2,(H,33,34)(H2,20,25,29)(H2,21,22,23)(H2,30,31,32)/t9-,10-,11+,12+,14-,18-/m1/s1. The number of hydrogen-bond acceptors (Lipinski definition) is 15. The fourth-order valence-corrected chi connectivity index (χ4v) is 5.79. The Morgan fingerprint density at radius 2 is 1.83 bits per heavy atom. The summed E-state index contributed by atoms with van der Waals surface area (Å²) in [5, 5.41) is 10.6. The van der Waals surface area contributed by atoms with E-state index in [1.165, 1.54) is 29.5 Å². The first-order chi connectivity index (χ1) is 19.3. The number of nitrogen functional groups attached to an aromatic ring is 2. The van der Waals surface area contributed by atoms with E-state index in [2.05, 4.69) is 24.5 Å². The van der Waals surface area contributed by atoms with Crippen LogP contribution in [0, 0.1) is 0 Å². The second-order valence-corrected chi connectivity index (χ2v) is 11.8. The van der Waals surface area contributed by atoms with E-state index in [-0.39, 0.29) is 24.5 Å². The van der Waals surface area contributed by atoms with Crippen LogP contribution in [-0.2, 0) is 32.2 Å². The molecular weight excluding hydrogens is 594 g/mol. The van der Waals surface area contributed by atoms with Crippen molar-refractivity contribution < 1.29 is 52.0 Å². The van der Waals surface area contributed by atoms with Crippen LogP contribution in [0.2, 0.25) is 0 Å². The van der Waals surface area contributed by atoms with Gasteiger partial charge in [0.2, 0.25) is 0 Å². The van der Waals surface area contributed by atoms with E-state index in [0.717, 1.165) is 4.57 Å². The smallest absolute Gasteiger partial charge is 0.388 e. The molecule has 1 unspecified atom stereocenters. The van der Waals surface area contributed by atoms with Crippen LogP contribution in [-0.4, -0.2) is 86.5 Å². The molecule has 3 aromatic heterocycles. The molecule has 2 saturated heterocycles. The van der Waals surface area contributed by atoms with Crippen molar-refractivity contribution in [2.75, 3.05) is 24.7 Å². The monoisotopic (exact) mass is 620 g/mol. The molecule has 3 aromatic rings. The number of phosphoric ester groups is 2. The normalized spacial score (nSPS) is 28.3. The van der Waals surface area contributed by atoms with E-state index in [9.17, 15) is 23.9 Å². The third-order valence-corrected chi connectivity index (χ3v) is 7.77. The Balaban J connectivity index is 1.24. The van der Waals surface area contributed by atoms with E-state index in [4.69, 9.17) is 39.8 Å². The van der Waals surface area contributed by atoms with E-state index in [0.29, 0.717) is 11.2 Å². The molecule has 0 amide bonds. The van der Waals surface area contributed by atoms with Gasteiger partial charge in [-0.05, 0) is 6.07 Å². The number of anilines is 2. The number of hydrogen-bond donors (Lipinski definition) is 6. The lowest BCUT2D eigenvalue weighted by molar-refractivity contribution is -0.0562. The minimum Gasteiger partial charge on any atom is -0.388 e. The number of imidazole rings is 1. The number of aliphatic hydroxyl groups is 1. The molecule has 22 heteroatoms. The van der Waals surface area contributed by atoms with Crippen LogP contribution in [0.5, 0.6) is 0 Å². The Morgan fingerprint density at radius 3 is 2.56 bits per heavy atom. The summed E-state index contributed by atoms with van der Waals surface area (Å²) in [6, 6.07) is 1.32. The van der Waals surface area contributed by atoms with Crippen LogP contribution in [0.15, 0.2) is 29.7 Å². The largest absolute Gasteiger partial charge is 0.472 e. The van der Waals surface area contributed by atoms with Crippen molar-refractivity contribution in [3.8, 4) is 0 Å². The first kappa shape index (κ1) is 29.6. The number of nitrogens with zero attached hydrogens (tertiary/aromatic N) is 6. The van der Waals surface area contributed by atoms with Gasteiger partial charge in [0.25, 0.3) is 0 Å². The van der Waals surface area contributed by atoms with Crippen molar-refractivity contribution in [2.45, 2.75) is 49.7 Å². The topological polar surface area (TPSA) is 292 Å². The van der Waals surface area contributed by atoms with Gasteiger partial charge in [0.15, 0.2) is 17.7 Å². The third-order valence-electron chi connectivity index (χ3n) is 6.27. The summed E-state index contributed by atoms with van der Waals surface area (Å²) in [7, 11) is -9.79. The highest BCUT2D eigenvalue weighted by molar-refractivity contribution is 7.47. The van der Waals surface area contributed by atoms with Crippen LogP contribution in [0.4, 0.5) is 11.6 Å². The number of fused-ring (bicyclic) bond motifs is 1. The maximum Gasteiger partial charge on any atom is 0.472 e. The first-order valence-electron chi connectivity index (χ1n) is 11.9. The zero-order valence-electron chi connectivity index (χ0n) is 20.9. The molecule has 2 fully saturated rings. The van der Waals surface area contributed by atoms with Crippen molar-refractivity contribution in [1.82, 2.24) is 29.1 Å². The molecule has 0 saturated carbocycles. The number of aromatic nitrogens is 6. The number of rotatable bonds is 10. The lowest BCUT2D eigenvalue weighted by Crippen LogP contribution is -2.29. The third kappa shape index (κ3) is 6.79. The molecule has 0 aliphatic carbocycles. The SMILES string of the molecule is Nc1ccn([C@H]2C[C@H](OP(=O)(O)OC[C@H]3C[C@@H](O)[C@H](n4cnc5c(N)ncnc54)O3)[C@H](COP(=O)(O)O)O2)c(=O)n1. The molecule has 8 N–H and O–H groups in total. The molecule has 41 heavy (non-hydrogen) atoms. The molecule has 0 bridgehead atoms. The lowest BCUT2D eigenvalue weighted by Gasteiger charge is -2.22. The van der Waals surface area contributed by atoms with Gasteiger partial charge in [0.05, 0.1) is 25.6 Å². The summed E-state index contributed by atoms with van der Waals surface area (Å²) >= 11 is 0. The molecule has 5 heterocycles. The zero-order valence-corrected chi connectivity index (χ0v) is 22.7. The predicted octanol–water partition coefficient (Wildman–Crippen LogP) is -1.20. The van der Waals surface area contributed by atoms with Gasteiger partial charge >= 0.3 is 21.3 Å². The van der Waals surface area contributed by atoms with Crippen LogP contribution >= 0.6 is 15.6 Å². The Labute approximate surface area is 229 Å². The molecule has 2 aliphatic rings. The second kappa shape index (κ2) is 11.4. The van der Waals surface area contributed by atoms with Crippen molar-refractivity contribution in [2.24, 2.45) is 0 Å². The molecule has 224 valence electrons. The maximum absolute atomic E-state index is 12.8. The number of phosphoric acid groups is 2. The highest BCUT2D eigenvalue weighted by Crippen LogP contribution is 2.49. The van der Waals surface area contributed by atoms with Gasteiger partial charge in [-0.25, -0.2) is 28.9 Å². The summed E-state index contributed by atoms with van der Waals surface area (Å²) in [4.78, 5) is 56.5. The average Bonchev–Trinajstić information content (AvgIpc) is 3.58. The van der Waals surface area contributed by atoms with E-state index >= 15 is 0 Å². The van der Waals surface area contributed by atoms with Crippen molar-refractivity contribution >= 4 is 38.4 Å². The molecule has 5 rings (SSSR count). The van der Waals surface area contributed by atoms with Gasteiger partial charge in [-0.15, -0.1) is 0 Å². The van der Waals surface area contributed by atoms with E-state index in [1.807, 2.05) is 0 Å². The molecule has 0 aromatic carbocycles. The number of aliphatic hydroxyl groups excluding tert-OH is 1. The molecule has 20 nitrogen and oxygen atoms in total. The van der Waals surface area contributed by atoms with Gasteiger partial charge in [-0.2, -0.15) is 4.98 Å². The molecular formula is C19H26N8O12P2. The summed E-state index contributed by atoms with van der Waals surface area (Å²) < 4.78 is 52.8. The number of ether oxygens (including phenoxy) is 2. The van der Waals surface area contributed by atoms with E-state index < -0.39 is 71.4 Å². The Morgan fingerprint density at radius 1 is 1.05 bits per heavy atom. The fourth-order valence-electron chi connectivity index (χ4n) is 4.47. The molecule has 2 aliphatic heterocycles. The summed E-state index contributed by atoms with van der Waals surface area (Å²) in [6.45, 7) is -1.22. The average molecular weight is 620 g/mol. The molecule has 0 radical (unpaired) electrons. The predicted molar refractivity (Wildman–Crippen MR) is 134 cm³/mol. The van der Waals surface area contributed by atoms with E-state index in [1.54, 1.807) is 0 Å². The lowest BCUT2D eigenvalue weighted by atomic mass is 10.2. The van der Waals surface area contributed by atoms with Crippen LogP contribution in [0.3, 0.4) is 0 Å².